The molecule has 2 heterocycles. The van der Waals surface area contributed by atoms with Crippen LogP contribution in [0.2, 0.25) is 0 Å². The number of benzene rings is 1. The molecule has 3 amide bonds. The number of nitrogens with one attached hydrogen (secondary N) is 2. The Labute approximate surface area is 172 Å². The lowest BCUT2D eigenvalue weighted by molar-refractivity contribution is -0.135. The molecule has 7 nitrogen and oxygen atoms in total. The molecule has 2 atom stereocenters. The molecule has 0 spiro atoms. The van der Waals surface area contributed by atoms with Gasteiger partial charge in [-0.1, -0.05) is 55.7 Å². The number of carbonyl (C=O) groups excluding carboxylic acids is 2. The van der Waals surface area contributed by atoms with Crippen LogP contribution < -0.4 is 10.8 Å². The molecule has 0 aliphatic carbocycles. The Kier molecular flexibility index (Phi) is 6.10. The summed E-state index contributed by atoms with van der Waals surface area (Å²) in [6.45, 7) is 4.31. The number of H-pyrrole nitrogens is 1. The Hall–Kier alpha value is -3.03. The molecule has 3 rings (SSSR count). The van der Waals surface area contributed by atoms with Crippen LogP contribution in [0.3, 0.4) is 0 Å². The van der Waals surface area contributed by atoms with Crippen LogP contribution in [-0.4, -0.2) is 66.2 Å². The number of nitrogens with zero attached hydrogens (tertiary/aromatic N) is 3. The largest absolute Gasteiger partial charge is 0.340 e. The fourth-order valence-corrected chi connectivity index (χ4v) is 3.24. The third kappa shape index (κ3) is 4.53. The maximum absolute atomic E-state index is 13.2. The van der Waals surface area contributed by atoms with Gasteiger partial charge in [-0.2, -0.15) is 0 Å². The van der Waals surface area contributed by atoms with E-state index in [9.17, 15) is 9.59 Å². The molecule has 29 heavy (non-hydrogen) atoms. The van der Waals surface area contributed by atoms with Gasteiger partial charge in [0.25, 0.3) is 0 Å². The number of aromatic nitrogens is 2. The van der Waals surface area contributed by atoms with Gasteiger partial charge in [-0.25, -0.2) is 9.78 Å². The molecule has 2 radical (unpaired) electrons. The molecule has 1 aliphatic heterocycles. The number of amides is 3. The first-order chi connectivity index (χ1) is 13.8. The molecule has 0 saturated heterocycles. The molecule has 1 unspecified atom stereocenters. The van der Waals surface area contributed by atoms with Crippen LogP contribution in [-0.2, 0) is 4.79 Å². The van der Waals surface area contributed by atoms with E-state index in [1.54, 1.807) is 25.2 Å². The van der Waals surface area contributed by atoms with Crippen LogP contribution in [0.4, 0.5) is 4.79 Å². The lowest BCUT2D eigenvalue weighted by Gasteiger charge is -2.31. The summed E-state index contributed by atoms with van der Waals surface area (Å²) in [5.74, 6) is 0.505. The topological polar surface area (TPSA) is 81.3 Å². The van der Waals surface area contributed by atoms with Gasteiger partial charge < -0.3 is 20.1 Å². The molecule has 0 bridgehead atoms. The van der Waals surface area contributed by atoms with E-state index in [2.05, 4.69) is 15.3 Å². The predicted molar refractivity (Wildman–Crippen MR) is 114 cm³/mol. The fraction of sp³-hybridized carbons (Fsp3) is 0.381. The number of hydrogen-bond donors (Lipinski definition) is 2. The van der Waals surface area contributed by atoms with Crippen molar-refractivity contribution < 1.29 is 9.59 Å². The number of hydrogen-bond acceptors (Lipinski definition) is 3. The summed E-state index contributed by atoms with van der Waals surface area (Å²) in [5.41, 5.74) is 2.52. The number of imidazole rings is 1. The maximum atomic E-state index is 13.2. The van der Waals surface area contributed by atoms with Crippen molar-refractivity contribution in [2.75, 3.05) is 20.6 Å². The third-order valence-electron chi connectivity index (χ3n) is 4.95. The molecule has 0 fully saturated rings. The van der Waals surface area contributed by atoms with Crippen molar-refractivity contribution in [3.63, 3.8) is 0 Å². The van der Waals surface area contributed by atoms with E-state index in [1.807, 2.05) is 50.3 Å². The van der Waals surface area contributed by atoms with E-state index in [4.69, 9.17) is 7.85 Å². The molecular formula is C21H26BN5O2. The van der Waals surface area contributed by atoms with Gasteiger partial charge in [-0.05, 0) is 11.5 Å². The van der Waals surface area contributed by atoms with Crippen molar-refractivity contribution in [3.05, 3.63) is 48.4 Å². The quantitative estimate of drug-likeness (QED) is 0.600. The Morgan fingerprint density at radius 2 is 1.97 bits per heavy atom. The summed E-state index contributed by atoms with van der Waals surface area (Å²) in [4.78, 5) is 36.3. The van der Waals surface area contributed by atoms with Crippen LogP contribution in [0.1, 0.15) is 25.7 Å². The van der Waals surface area contributed by atoms with Gasteiger partial charge in [0.05, 0.1) is 11.9 Å². The second kappa shape index (κ2) is 8.55. The first-order valence-electron chi connectivity index (χ1n) is 9.63. The summed E-state index contributed by atoms with van der Waals surface area (Å²) < 4.78 is 0. The van der Waals surface area contributed by atoms with Crippen molar-refractivity contribution in [2.45, 2.75) is 25.9 Å². The molecule has 0 saturated carbocycles. The molecule has 2 aromatic rings. The van der Waals surface area contributed by atoms with E-state index < -0.39 is 6.04 Å². The van der Waals surface area contributed by atoms with Gasteiger partial charge in [-0.3, -0.25) is 4.79 Å². The van der Waals surface area contributed by atoms with Crippen LogP contribution in [0.5, 0.6) is 0 Å². The minimum absolute atomic E-state index is 0.0467. The molecule has 1 aromatic carbocycles. The SMILES string of the molecule is [B]c1ccc(-c2cnc([C@@H]3C=CCN3C(=O)C(NC(=O)N(C)C)C(C)C)[nH]2)cc1. The van der Waals surface area contributed by atoms with E-state index in [-0.39, 0.29) is 23.9 Å². The number of aromatic amines is 1. The van der Waals surface area contributed by atoms with Crippen LogP contribution in [0, 0.1) is 5.92 Å². The first-order valence-corrected chi connectivity index (χ1v) is 9.63. The fourth-order valence-electron chi connectivity index (χ4n) is 3.24. The van der Waals surface area contributed by atoms with Gasteiger partial charge in [0, 0.05) is 20.6 Å². The van der Waals surface area contributed by atoms with E-state index in [1.165, 1.54) is 4.90 Å². The molecular weight excluding hydrogens is 365 g/mol. The normalized spacial score (nSPS) is 16.9. The molecule has 1 aliphatic rings. The average molecular weight is 391 g/mol. The standard InChI is InChI=1S/C21H26BN5O2/c1-13(2)18(25-21(29)26(3)4)20(28)27-11-5-6-17(27)19-23-12-16(24-19)14-7-9-15(22)10-8-14/h5-10,12-13,17-18H,11H2,1-4H3,(H,23,24)(H,25,29)/t17-,18?/m0/s1. The van der Waals surface area contributed by atoms with Gasteiger partial charge >= 0.3 is 6.03 Å². The molecule has 8 heteroatoms. The third-order valence-corrected chi connectivity index (χ3v) is 4.95. The molecule has 1 aromatic heterocycles. The minimum Gasteiger partial charge on any atom is -0.340 e. The van der Waals surface area contributed by atoms with Crippen molar-refractivity contribution in [3.8, 4) is 11.3 Å². The van der Waals surface area contributed by atoms with Crippen molar-refractivity contribution in [2.24, 2.45) is 5.92 Å². The highest BCUT2D eigenvalue weighted by Crippen LogP contribution is 2.28. The van der Waals surface area contributed by atoms with Gasteiger partial charge in [0.1, 0.15) is 25.8 Å². The maximum Gasteiger partial charge on any atom is 0.317 e. The minimum atomic E-state index is -0.612. The zero-order valence-electron chi connectivity index (χ0n) is 17.2. The van der Waals surface area contributed by atoms with Crippen molar-refractivity contribution >= 4 is 25.2 Å². The smallest absolute Gasteiger partial charge is 0.317 e. The Morgan fingerprint density at radius 1 is 1.28 bits per heavy atom. The molecule has 150 valence electrons. The highest BCUT2D eigenvalue weighted by molar-refractivity contribution is 6.32. The second-order valence-corrected chi connectivity index (χ2v) is 7.73. The second-order valence-electron chi connectivity index (χ2n) is 7.73. The van der Waals surface area contributed by atoms with E-state index in [0.717, 1.165) is 11.3 Å². The van der Waals surface area contributed by atoms with Gasteiger partial charge in [-0.15, -0.1) is 0 Å². The average Bonchev–Trinajstić information content (AvgIpc) is 3.34. The van der Waals surface area contributed by atoms with Crippen molar-refractivity contribution in [1.29, 1.82) is 0 Å². The van der Waals surface area contributed by atoms with Crippen LogP contribution in [0.25, 0.3) is 11.3 Å². The van der Waals surface area contributed by atoms with Crippen LogP contribution >= 0.6 is 0 Å². The van der Waals surface area contributed by atoms with Crippen molar-refractivity contribution in [1.82, 2.24) is 25.1 Å². The predicted octanol–water partition coefficient (Wildman–Crippen LogP) is 1.61. The Balaban J connectivity index is 1.80. The highest BCUT2D eigenvalue weighted by atomic mass is 16.2. The lowest BCUT2D eigenvalue weighted by Crippen LogP contribution is -2.53. The Bertz CT molecular complexity index is 904. The monoisotopic (exact) mass is 391 g/mol. The summed E-state index contributed by atoms with van der Waals surface area (Å²) in [6, 6.07) is 6.31. The van der Waals surface area contributed by atoms with E-state index in [0.29, 0.717) is 17.8 Å². The summed E-state index contributed by atoms with van der Waals surface area (Å²) >= 11 is 0. The van der Waals surface area contributed by atoms with E-state index >= 15 is 0 Å². The highest BCUT2D eigenvalue weighted by Gasteiger charge is 2.35. The summed E-state index contributed by atoms with van der Waals surface area (Å²) in [7, 11) is 9.06. The first kappa shape index (κ1) is 20.7. The van der Waals surface area contributed by atoms with Crippen LogP contribution in [0.15, 0.2) is 42.6 Å². The number of urea groups is 1. The zero-order valence-corrected chi connectivity index (χ0v) is 17.2. The summed E-state index contributed by atoms with van der Waals surface area (Å²) in [5, 5.41) is 2.83. The molecule has 2 N–H and O–H groups in total. The number of rotatable bonds is 5. The Morgan fingerprint density at radius 3 is 2.59 bits per heavy atom. The van der Waals surface area contributed by atoms with Gasteiger partial charge in [0.2, 0.25) is 5.91 Å². The van der Waals surface area contributed by atoms with Gasteiger partial charge in [0.15, 0.2) is 0 Å². The summed E-state index contributed by atoms with van der Waals surface area (Å²) in [6.07, 6.45) is 5.65. The zero-order chi connectivity index (χ0) is 21.1. The number of carbonyl (C=O) groups is 2. The lowest BCUT2D eigenvalue weighted by atomic mass is 9.95.